The van der Waals surface area contributed by atoms with Gasteiger partial charge in [0.1, 0.15) is 0 Å². The number of aryl methyl sites for hydroxylation is 1. The van der Waals surface area contributed by atoms with E-state index in [2.05, 4.69) is 41.9 Å². The first-order valence-electron chi connectivity index (χ1n) is 7.53. The number of carboxylic acids is 1. The van der Waals surface area contributed by atoms with Gasteiger partial charge < -0.3 is 5.11 Å². The number of nitrogens with zero attached hydrogens (tertiary/aromatic N) is 2. The number of halogens is 3. The monoisotopic (exact) mass is 340 g/mol. The van der Waals surface area contributed by atoms with Gasteiger partial charge in [-0.15, -0.1) is 0 Å². The molecule has 0 amide bonds. The molecule has 0 spiro atoms. The van der Waals surface area contributed by atoms with E-state index in [0.717, 1.165) is 18.0 Å². The molecule has 0 unspecified atom stereocenters. The van der Waals surface area contributed by atoms with Crippen molar-refractivity contribution < 1.29 is 23.1 Å². The molecule has 0 saturated carbocycles. The van der Waals surface area contributed by atoms with Crippen LogP contribution in [-0.2, 0) is 11.3 Å². The number of hydrogen-bond acceptors (Lipinski definition) is 3. The van der Waals surface area contributed by atoms with Crippen LogP contribution in [0.25, 0.3) is 10.9 Å². The maximum atomic E-state index is 10.6. The third-order valence-corrected chi connectivity index (χ3v) is 3.74. The number of carbonyl (C=O) groups is 1. The average Bonchev–Trinajstić information content (AvgIpc) is 2.45. The zero-order valence-electron chi connectivity index (χ0n) is 13.5. The molecule has 1 aromatic carbocycles. The summed E-state index contributed by atoms with van der Waals surface area (Å²) in [5.74, 6) is -1.88. The van der Waals surface area contributed by atoms with Crippen LogP contribution in [0.5, 0.6) is 0 Å². The Balaban J connectivity index is 0.000000256. The predicted octanol–water partition coefficient (Wildman–Crippen LogP) is 3.63. The van der Waals surface area contributed by atoms with E-state index in [1.165, 1.54) is 29.6 Å². The molecule has 2 aromatic rings. The molecule has 3 rings (SSSR count). The number of alkyl halides is 3. The van der Waals surface area contributed by atoms with E-state index in [9.17, 15) is 13.2 Å². The highest BCUT2D eigenvalue weighted by Crippen LogP contribution is 2.22. The quantitative estimate of drug-likeness (QED) is 0.907. The smallest absolute Gasteiger partial charge is 0.475 e. The van der Waals surface area contributed by atoms with Crippen LogP contribution < -0.4 is 0 Å². The van der Waals surface area contributed by atoms with Crippen molar-refractivity contribution in [3.05, 3.63) is 41.6 Å². The first-order chi connectivity index (χ1) is 11.2. The minimum Gasteiger partial charge on any atom is -0.475 e. The zero-order valence-corrected chi connectivity index (χ0v) is 13.5. The lowest BCUT2D eigenvalue weighted by Crippen LogP contribution is -2.44. The molecule has 130 valence electrons. The third kappa shape index (κ3) is 4.67. The molecule has 1 saturated heterocycles. The number of carboxylic acid groups (broad SMARTS) is 1. The van der Waals surface area contributed by atoms with Crippen molar-refractivity contribution >= 4 is 16.9 Å². The topological polar surface area (TPSA) is 53.4 Å². The van der Waals surface area contributed by atoms with Gasteiger partial charge in [-0.3, -0.25) is 9.88 Å². The van der Waals surface area contributed by atoms with Crippen LogP contribution in [0.15, 0.2) is 30.5 Å². The maximum absolute atomic E-state index is 10.6. The molecule has 7 heteroatoms. The van der Waals surface area contributed by atoms with Crippen LogP contribution in [0.3, 0.4) is 0 Å². The Labute approximate surface area is 137 Å². The second-order valence-electron chi connectivity index (χ2n) is 6.09. The Kier molecular flexibility index (Phi) is 5.43. The molecular weight excluding hydrogens is 321 g/mol. The number of likely N-dealkylation sites (tertiary alicyclic amines) is 1. The molecule has 0 radical (unpaired) electrons. The van der Waals surface area contributed by atoms with Gasteiger partial charge in [-0.1, -0.05) is 19.1 Å². The third-order valence-electron chi connectivity index (χ3n) is 3.74. The number of fused-ring (bicyclic) bond motifs is 1. The number of rotatable bonds is 2. The molecule has 1 fully saturated rings. The molecule has 4 nitrogen and oxygen atoms in total. The van der Waals surface area contributed by atoms with Crippen LogP contribution >= 0.6 is 0 Å². The molecule has 0 atom stereocenters. The molecule has 0 aliphatic carbocycles. The van der Waals surface area contributed by atoms with Gasteiger partial charge in [-0.25, -0.2) is 4.79 Å². The highest BCUT2D eigenvalue weighted by Gasteiger charge is 2.38. The summed E-state index contributed by atoms with van der Waals surface area (Å²) in [7, 11) is 0. The van der Waals surface area contributed by atoms with E-state index in [0.29, 0.717) is 0 Å². The van der Waals surface area contributed by atoms with E-state index < -0.39 is 12.1 Å². The molecule has 1 N–H and O–H groups in total. The number of pyridine rings is 1. The lowest BCUT2D eigenvalue weighted by atomic mass is 10.00. The van der Waals surface area contributed by atoms with Gasteiger partial charge in [0.15, 0.2) is 0 Å². The van der Waals surface area contributed by atoms with E-state index in [-0.39, 0.29) is 0 Å². The number of benzene rings is 1. The Morgan fingerprint density at radius 2 is 2.00 bits per heavy atom. The second-order valence-corrected chi connectivity index (χ2v) is 6.09. The fourth-order valence-corrected chi connectivity index (χ4v) is 2.76. The van der Waals surface area contributed by atoms with Gasteiger partial charge >= 0.3 is 12.1 Å². The summed E-state index contributed by atoms with van der Waals surface area (Å²) in [6.07, 6.45) is -3.22. The summed E-state index contributed by atoms with van der Waals surface area (Å²) in [4.78, 5) is 15.8. The Morgan fingerprint density at radius 3 is 2.54 bits per heavy atom. The van der Waals surface area contributed by atoms with Crippen molar-refractivity contribution in [3.8, 4) is 0 Å². The number of hydrogen-bond donors (Lipinski definition) is 1. The van der Waals surface area contributed by atoms with Crippen molar-refractivity contribution in [3.63, 3.8) is 0 Å². The minimum atomic E-state index is -5.08. The molecule has 24 heavy (non-hydrogen) atoms. The van der Waals surface area contributed by atoms with Gasteiger partial charge in [-0.05, 0) is 36.1 Å². The number of aliphatic carboxylic acids is 1. The predicted molar refractivity (Wildman–Crippen MR) is 84.6 cm³/mol. The first kappa shape index (κ1) is 18.2. The van der Waals surface area contributed by atoms with Crippen molar-refractivity contribution in [1.29, 1.82) is 0 Å². The summed E-state index contributed by atoms with van der Waals surface area (Å²) in [5.41, 5.74) is 3.83. The Hall–Kier alpha value is -2.15. The largest absolute Gasteiger partial charge is 0.490 e. The first-order valence-corrected chi connectivity index (χ1v) is 7.53. The van der Waals surface area contributed by atoms with E-state index in [1.807, 2.05) is 12.3 Å². The van der Waals surface area contributed by atoms with E-state index >= 15 is 0 Å². The SMILES string of the molecule is Cc1cc(CN2CC(C)C2)cc2cccnc12.O=C(O)C(F)(F)F. The fraction of sp³-hybridized carbons (Fsp3) is 0.412. The fourth-order valence-electron chi connectivity index (χ4n) is 2.76. The lowest BCUT2D eigenvalue weighted by molar-refractivity contribution is -0.192. The second kappa shape index (κ2) is 7.17. The van der Waals surface area contributed by atoms with Crippen molar-refractivity contribution in [2.24, 2.45) is 5.92 Å². The summed E-state index contributed by atoms with van der Waals surface area (Å²) in [6, 6.07) is 8.71. The van der Waals surface area contributed by atoms with Crippen LogP contribution in [-0.4, -0.2) is 40.2 Å². The Bertz CT molecular complexity index is 725. The molecular formula is C17H19F3N2O2. The number of aromatic nitrogens is 1. The van der Waals surface area contributed by atoms with E-state index in [4.69, 9.17) is 9.90 Å². The van der Waals surface area contributed by atoms with Crippen LogP contribution in [0, 0.1) is 12.8 Å². The normalized spacial score (nSPS) is 15.5. The van der Waals surface area contributed by atoms with Gasteiger partial charge in [0, 0.05) is 31.2 Å². The van der Waals surface area contributed by atoms with Gasteiger partial charge in [0.05, 0.1) is 5.52 Å². The molecule has 2 heterocycles. The van der Waals surface area contributed by atoms with Crippen LogP contribution in [0.2, 0.25) is 0 Å². The van der Waals surface area contributed by atoms with Gasteiger partial charge in [0.25, 0.3) is 0 Å². The highest BCUT2D eigenvalue weighted by molar-refractivity contribution is 5.82. The Morgan fingerprint density at radius 1 is 1.38 bits per heavy atom. The lowest BCUT2D eigenvalue weighted by Gasteiger charge is -2.37. The van der Waals surface area contributed by atoms with Crippen LogP contribution in [0.1, 0.15) is 18.1 Å². The summed E-state index contributed by atoms with van der Waals surface area (Å²) in [6.45, 7) is 8.02. The summed E-state index contributed by atoms with van der Waals surface area (Å²) >= 11 is 0. The maximum Gasteiger partial charge on any atom is 0.490 e. The van der Waals surface area contributed by atoms with Crippen molar-refractivity contribution in [1.82, 2.24) is 9.88 Å². The van der Waals surface area contributed by atoms with Crippen molar-refractivity contribution in [2.45, 2.75) is 26.6 Å². The minimum absolute atomic E-state index is 0.873. The molecule has 1 aliphatic rings. The van der Waals surface area contributed by atoms with Crippen molar-refractivity contribution in [2.75, 3.05) is 13.1 Å². The zero-order chi connectivity index (χ0) is 17.9. The molecule has 0 bridgehead atoms. The highest BCUT2D eigenvalue weighted by atomic mass is 19.4. The summed E-state index contributed by atoms with van der Waals surface area (Å²) in [5, 5.41) is 8.39. The summed E-state index contributed by atoms with van der Waals surface area (Å²) < 4.78 is 31.7. The molecule has 1 aromatic heterocycles. The van der Waals surface area contributed by atoms with Gasteiger partial charge in [-0.2, -0.15) is 13.2 Å². The standard InChI is InChI=1S/C15H18N2.C2HF3O2/c1-11-8-17(9-11)10-13-6-12(2)15-14(7-13)4-3-5-16-15;3-2(4,5)1(6)7/h3-7,11H,8-10H2,1-2H3;(H,6,7). The van der Waals surface area contributed by atoms with E-state index in [1.54, 1.807) is 0 Å². The van der Waals surface area contributed by atoms with Gasteiger partial charge in [0.2, 0.25) is 0 Å². The molecule has 1 aliphatic heterocycles. The van der Waals surface area contributed by atoms with Crippen LogP contribution in [0.4, 0.5) is 13.2 Å². The average molecular weight is 340 g/mol.